The van der Waals surface area contributed by atoms with Crippen LogP contribution in [-0.4, -0.2) is 28.2 Å². The molecule has 1 aromatic heterocycles. The van der Waals surface area contributed by atoms with Crippen LogP contribution in [0.4, 0.5) is 0 Å². The minimum atomic E-state index is -0.0570. The summed E-state index contributed by atoms with van der Waals surface area (Å²) in [5, 5.41) is 13.4. The number of amides is 1. The van der Waals surface area contributed by atoms with Crippen molar-refractivity contribution in [3.05, 3.63) is 36.5 Å². The second-order valence-corrected chi connectivity index (χ2v) is 6.82. The molecule has 1 atom stereocenters. The SMILES string of the molecule is CC(C)(C)C(CCO)NC(=O)CCn1ccc2ccccc21. The van der Waals surface area contributed by atoms with Crippen LogP contribution in [-0.2, 0) is 11.3 Å². The van der Waals surface area contributed by atoms with E-state index in [-0.39, 0.29) is 24.0 Å². The standard InChI is InChI=1S/C18H26N2O2/c1-18(2,3)16(10-13-21)19-17(22)9-12-20-11-8-14-6-4-5-7-15(14)20/h4-8,11,16,21H,9-10,12-13H2,1-3H3,(H,19,22). The third kappa shape index (κ3) is 4.10. The molecule has 0 saturated carbocycles. The van der Waals surface area contributed by atoms with Crippen LogP contribution in [0.1, 0.15) is 33.6 Å². The number of carbonyl (C=O) groups is 1. The van der Waals surface area contributed by atoms with Gasteiger partial charge in [-0.05, 0) is 29.4 Å². The molecular weight excluding hydrogens is 276 g/mol. The van der Waals surface area contributed by atoms with E-state index in [9.17, 15) is 4.79 Å². The summed E-state index contributed by atoms with van der Waals surface area (Å²) in [6.45, 7) is 6.98. The lowest BCUT2D eigenvalue weighted by Crippen LogP contribution is -2.44. The van der Waals surface area contributed by atoms with E-state index in [0.717, 1.165) is 5.52 Å². The maximum absolute atomic E-state index is 12.2. The number of nitrogens with zero attached hydrogens (tertiary/aromatic N) is 1. The van der Waals surface area contributed by atoms with Gasteiger partial charge in [-0.25, -0.2) is 0 Å². The summed E-state index contributed by atoms with van der Waals surface area (Å²) in [5.41, 5.74) is 1.09. The fourth-order valence-electron chi connectivity index (χ4n) is 2.67. The highest BCUT2D eigenvalue weighted by Crippen LogP contribution is 2.22. The van der Waals surface area contributed by atoms with Crippen LogP contribution >= 0.6 is 0 Å². The summed E-state index contributed by atoms with van der Waals surface area (Å²) in [4.78, 5) is 12.2. The summed E-state index contributed by atoms with van der Waals surface area (Å²) < 4.78 is 2.10. The number of rotatable bonds is 6. The first-order chi connectivity index (χ1) is 10.4. The predicted octanol–water partition coefficient (Wildman–Crippen LogP) is 2.94. The topological polar surface area (TPSA) is 54.3 Å². The second-order valence-electron chi connectivity index (χ2n) is 6.82. The van der Waals surface area contributed by atoms with E-state index in [0.29, 0.717) is 19.4 Å². The molecule has 4 nitrogen and oxygen atoms in total. The zero-order valence-electron chi connectivity index (χ0n) is 13.7. The van der Waals surface area contributed by atoms with E-state index in [1.54, 1.807) is 0 Å². The van der Waals surface area contributed by atoms with Crippen molar-refractivity contribution >= 4 is 16.8 Å². The Bertz CT molecular complexity index is 625. The lowest BCUT2D eigenvalue weighted by molar-refractivity contribution is -0.122. The molecule has 1 aromatic carbocycles. The van der Waals surface area contributed by atoms with Gasteiger partial charge in [0, 0.05) is 37.3 Å². The van der Waals surface area contributed by atoms with E-state index < -0.39 is 0 Å². The summed E-state index contributed by atoms with van der Waals surface area (Å²) in [5.74, 6) is 0.0335. The minimum Gasteiger partial charge on any atom is -0.396 e. The van der Waals surface area contributed by atoms with Crippen molar-refractivity contribution in [1.82, 2.24) is 9.88 Å². The molecule has 2 rings (SSSR count). The molecule has 1 unspecified atom stereocenters. The van der Waals surface area contributed by atoms with Gasteiger partial charge in [0.15, 0.2) is 0 Å². The molecule has 0 fully saturated rings. The highest BCUT2D eigenvalue weighted by atomic mass is 16.3. The van der Waals surface area contributed by atoms with Crippen LogP contribution in [0.5, 0.6) is 0 Å². The van der Waals surface area contributed by atoms with Gasteiger partial charge in [0.1, 0.15) is 0 Å². The van der Waals surface area contributed by atoms with Gasteiger partial charge in [-0.15, -0.1) is 0 Å². The average Bonchev–Trinajstić information content (AvgIpc) is 2.87. The molecule has 1 heterocycles. The number of hydrogen-bond donors (Lipinski definition) is 2. The van der Waals surface area contributed by atoms with Crippen LogP contribution in [0, 0.1) is 5.41 Å². The number of carbonyl (C=O) groups excluding carboxylic acids is 1. The van der Waals surface area contributed by atoms with Crippen LogP contribution in [0.15, 0.2) is 36.5 Å². The third-order valence-electron chi connectivity index (χ3n) is 4.06. The fourth-order valence-corrected chi connectivity index (χ4v) is 2.67. The van der Waals surface area contributed by atoms with Crippen LogP contribution in [0.3, 0.4) is 0 Å². The molecule has 2 aromatic rings. The molecule has 0 radical (unpaired) electrons. The first-order valence-electron chi connectivity index (χ1n) is 7.86. The number of para-hydroxylation sites is 1. The van der Waals surface area contributed by atoms with E-state index in [4.69, 9.17) is 5.11 Å². The Hall–Kier alpha value is -1.81. The molecule has 0 bridgehead atoms. The summed E-state index contributed by atoms with van der Waals surface area (Å²) in [7, 11) is 0. The van der Waals surface area contributed by atoms with Crippen molar-refractivity contribution in [3.8, 4) is 0 Å². The highest BCUT2D eigenvalue weighted by molar-refractivity contribution is 5.80. The predicted molar refractivity (Wildman–Crippen MR) is 89.6 cm³/mol. The highest BCUT2D eigenvalue weighted by Gasteiger charge is 2.25. The number of aromatic nitrogens is 1. The Kier molecular flexibility index (Phi) is 5.24. The number of aliphatic hydroxyl groups is 1. The number of benzene rings is 1. The molecular formula is C18H26N2O2. The largest absolute Gasteiger partial charge is 0.396 e. The monoisotopic (exact) mass is 302 g/mol. The number of fused-ring (bicyclic) bond motifs is 1. The van der Waals surface area contributed by atoms with Gasteiger partial charge in [-0.2, -0.15) is 0 Å². The summed E-state index contributed by atoms with van der Waals surface area (Å²) in [6, 6.07) is 10.2. The van der Waals surface area contributed by atoms with Crippen LogP contribution < -0.4 is 5.32 Å². The van der Waals surface area contributed by atoms with Crippen molar-refractivity contribution in [3.63, 3.8) is 0 Å². The average molecular weight is 302 g/mol. The molecule has 0 spiro atoms. The fraction of sp³-hybridized carbons (Fsp3) is 0.500. The lowest BCUT2D eigenvalue weighted by Gasteiger charge is -2.31. The molecule has 22 heavy (non-hydrogen) atoms. The second kappa shape index (κ2) is 6.97. The number of aliphatic hydroxyl groups excluding tert-OH is 1. The van der Waals surface area contributed by atoms with Crippen molar-refractivity contribution in [2.45, 2.75) is 46.2 Å². The quantitative estimate of drug-likeness (QED) is 0.862. The van der Waals surface area contributed by atoms with Crippen LogP contribution in [0.2, 0.25) is 0 Å². The minimum absolute atomic E-state index is 0.00796. The molecule has 0 saturated heterocycles. The molecule has 120 valence electrons. The molecule has 0 aliphatic carbocycles. The van der Waals surface area contributed by atoms with Crippen molar-refractivity contribution in [2.75, 3.05) is 6.61 Å². The van der Waals surface area contributed by atoms with Crippen LogP contribution in [0.25, 0.3) is 10.9 Å². The Labute approximate surface area is 132 Å². The van der Waals surface area contributed by atoms with Gasteiger partial charge in [-0.3, -0.25) is 4.79 Å². The van der Waals surface area contributed by atoms with Gasteiger partial charge in [0.05, 0.1) is 0 Å². The number of nitrogens with one attached hydrogen (secondary N) is 1. The molecule has 1 amide bonds. The maximum Gasteiger partial charge on any atom is 0.222 e. The number of aryl methyl sites for hydroxylation is 1. The molecule has 4 heteroatoms. The van der Waals surface area contributed by atoms with E-state index in [1.807, 2.05) is 18.3 Å². The van der Waals surface area contributed by atoms with Gasteiger partial charge >= 0.3 is 0 Å². The number of hydrogen-bond acceptors (Lipinski definition) is 2. The smallest absolute Gasteiger partial charge is 0.222 e. The summed E-state index contributed by atoms with van der Waals surface area (Å²) >= 11 is 0. The Morgan fingerprint density at radius 1 is 1.27 bits per heavy atom. The Morgan fingerprint density at radius 3 is 2.68 bits per heavy atom. The van der Waals surface area contributed by atoms with Gasteiger partial charge < -0.3 is 15.0 Å². The first-order valence-corrected chi connectivity index (χ1v) is 7.86. The van der Waals surface area contributed by atoms with Crippen molar-refractivity contribution < 1.29 is 9.90 Å². The zero-order valence-corrected chi connectivity index (χ0v) is 13.7. The Balaban J connectivity index is 1.95. The maximum atomic E-state index is 12.2. The normalized spacial score (nSPS) is 13.3. The van der Waals surface area contributed by atoms with E-state index in [2.05, 4.69) is 48.9 Å². The van der Waals surface area contributed by atoms with Gasteiger partial charge in [0.25, 0.3) is 0 Å². The van der Waals surface area contributed by atoms with E-state index in [1.165, 1.54) is 5.39 Å². The molecule has 2 N–H and O–H groups in total. The summed E-state index contributed by atoms with van der Waals surface area (Å²) in [6.07, 6.45) is 3.05. The first kappa shape index (κ1) is 16.6. The lowest BCUT2D eigenvalue weighted by atomic mass is 9.85. The third-order valence-corrected chi connectivity index (χ3v) is 4.06. The molecule has 0 aliphatic rings. The van der Waals surface area contributed by atoms with Crippen molar-refractivity contribution in [2.24, 2.45) is 5.41 Å². The van der Waals surface area contributed by atoms with Gasteiger partial charge in [-0.1, -0.05) is 39.0 Å². The van der Waals surface area contributed by atoms with Gasteiger partial charge in [0.2, 0.25) is 5.91 Å². The zero-order chi connectivity index (χ0) is 16.2. The van der Waals surface area contributed by atoms with E-state index >= 15 is 0 Å². The molecule has 0 aliphatic heterocycles. The van der Waals surface area contributed by atoms with Crippen molar-refractivity contribution in [1.29, 1.82) is 0 Å². The Morgan fingerprint density at radius 2 is 2.00 bits per heavy atom.